The van der Waals surface area contributed by atoms with Gasteiger partial charge < -0.3 is 14.5 Å². The van der Waals surface area contributed by atoms with E-state index in [1.54, 1.807) is 7.11 Å². The molecule has 0 unspecified atom stereocenters. The number of para-hydroxylation sites is 1. The highest BCUT2D eigenvalue weighted by Gasteiger charge is 2.28. The largest absolute Gasteiger partial charge is 0.383 e. The molecular weight excluding hydrogens is 394 g/mol. The van der Waals surface area contributed by atoms with Crippen molar-refractivity contribution < 1.29 is 14.4 Å². The normalized spacial score (nSPS) is 19.1. The third-order valence-corrected chi connectivity index (χ3v) is 7.09. The fourth-order valence-electron chi connectivity index (χ4n) is 4.14. The van der Waals surface area contributed by atoms with Crippen molar-refractivity contribution in [3.8, 4) is 0 Å². The Labute approximate surface area is 182 Å². The monoisotopic (exact) mass is 424 g/mol. The molecule has 2 aromatic carbocycles. The first-order chi connectivity index (χ1) is 14.7. The number of piperidine rings is 1. The number of ether oxygens (including phenoxy) is 1. The molecule has 1 saturated heterocycles. The molecule has 5 nitrogen and oxygen atoms in total. The molecular formula is C24H30N3O2S+. The zero-order valence-corrected chi connectivity index (χ0v) is 18.4. The molecule has 0 spiro atoms. The van der Waals surface area contributed by atoms with E-state index in [4.69, 9.17) is 9.72 Å². The molecule has 0 radical (unpaired) electrons. The number of hydrogen-bond acceptors (Lipinski definition) is 4. The van der Waals surface area contributed by atoms with Crippen molar-refractivity contribution in [1.82, 2.24) is 9.88 Å². The van der Waals surface area contributed by atoms with Crippen molar-refractivity contribution in [2.45, 2.75) is 25.3 Å². The van der Waals surface area contributed by atoms with Crippen LogP contribution in [0, 0.1) is 0 Å². The van der Waals surface area contributed by atoms with Crippen molar-refractivity contribution in [3.63, 3.8) is 0 Å². The summed E-state index contributed by atoms with van der Waals surface area (Å²) >= 11 is 1.82. The second kappa shape index (κ2) is 10.2. The predicted octanol–water partition coefficient (Wildman–Crippen LogP) is 2.73. The molecule has 1 aliphatic rings. The number of carbonyl (C=O) groups excluding carboxylic acids is 1. The zero-order chi connectivity index (χ0) is 20.8. The summed E-state index contributed by atoms with van der Waals surface area (Å²) in [5.41, 5.74) is 2.27. The molecule has 1 fully saturated rings. The standard InChI is InChI=1S/C24H29N3O2S/c1-29-16-15-27(17-19-7-3-2-4-8-19)23(28)18-26-13-11-20(12-14-26)24-25-21-9-5-6-10-22(21)30-24/h2-10,20H,11-18H2,1H3/p+1. The van der Waals surface area contributed by atoms with E-state index in [1.165, 1.54) is 14.6 Å². The van der Waals surface area contributed by atoms with E-state index >= 15 is 0 Å². The van der Waals surface area contributed by atoms with E-state index in [1.807, 2.05) is 34.4 Å². The summed E-state index contributed by atoms with van der Waals surface area (Å²) < 4.78 is 6.50. The molecule has 0 atom stereocenters. The van der Waals surface area contributed by atoms with Crippen LogP contribution >= 0.6 is 11.3 Å². The minimum atomic E-state index is 0.212. The van der Waals surface area contributed by atoms with Crippen LogP contribution in [-0.2, 0) is 16.1 Å². The number of fused-ring (bicyclic) bond motifs is 1. The van der Waals surface area contributed by atoms with Gasteiger partial charge in [0, 0.05) is 39.0 Å². The van der Waals surface area contributed by atoms with E-state index in [9.17, 15) is 4.79 Å². The molecule has 2 heterocycles. The molecule has 0 saturated carbocycles. The maximum absolute atomic E-state index is 13.0. The summed E-state index contributed by atoms with van der Waals surface area (Å²) in [4.78, 5) is 21.2. The third-order valence-electron chi connectivity index (χ3n) is 5.89. The van der Waals surface area contributed by atoms with Gasteiger partial charge in [-0.1, -0.05) is 42.5 Å². The number of nitrogens with one attached hydrogen (secondary N) is 1. The lowest BCUT2D eigenvalue weighted by Crippen LogP contribution is -3.14. The van der Waals surface area contributed by atoms with Crippen LogP contribution in [0.3, 0.4) is 0 Å². The summed E-state index contributed by atoms with van der Waals surface area (Å²) in [5.74, 6) is 0.736. The Kier molecular flexibility index (Phi) is 7.10. The van der Waals surface area contributed by atoms with Gasteiger partial charge in [0.05, 0.1) is 34.9 Å². The van der Waals surface area contributed by atoms with E-state index in [0.29, 0.717) is 32.2 Å². The Balaban J connectivity index is 1.32. The highest BCUT2D eigenvalue weighted by molar-refractivity contribution is 7.18. The van der Waals surface area contributed by atoms with E-state index < -0.39 is 0 Å². The van der Waals surface area contributed by atoms with Gasteiger partial charge in [-0.15, -0.1) is 11.3 Å². The van der Waals surface area contributed by atoms with Crippen molar-refractivity contribution in [2.24, 2.45) is 0 Å². The number of carbonyl (C=O) groups is 1. The van der Waals surface area contributed by atoms with E-state index in [2.05, 4.69) is 36.4 Å². The van der Waals surface area contributed by atoms with Crippen molar-refractivity contribution in [2.75, 3.05) is 39.9 Å². The number of amides is 1. The minimum Gasteiger partial charge on any atom is -0.383 e. The number of hydrogen-bond donors (Lipinski definition) is 1. The van der Waals surface area contributed by atoms with Gasteiger partial charge in [0.15, 0.2) is 6.54 Å². The number of benzene rings is 2. The SMILES string of the molecule is COCCN(Cc1ccccc1)C(=O)C[NH+]1CCC(c2nc3ccccc3s2)CC1. The molecule has 1 N–H and O–H groups in total. The fraction of sp³-hybridized carbons (Fsp3) is 0.417. The van der Waals surface area contributed by atoms with Gasteiger partial charge in [0.1, 0.15) is 0 Å². The quantitative estimate of drug-likeness (QED) is 0.605. The van der Waals surface area contributed by atoms with Gasteiger partial charge in [0.2, 0.25) is 0 Å². The average Bonchev–Trinajstić information content (AvgIpc) is 3.22. The first-order valence-electron chi connectivity index (χ1n) is 10.7. The summed E-state index contributed by atoms with van der Waals surface area (Å²) in [7, 11) is 1.68. The van der Waals surface area contributed by atoms with Crippen LogP contribution in [0.4, 0.5) is 0 Å². The lowest BCUT2D eigenvalue weighted by Gasteiger charge is -2.30. The number of nitrogens with zero attached hydrogens (tertiary/aromatic N) is 2. The lowest BCUT2D eigenvalue weighted by atomic mass is 9.97. The molecule has 6 heteroatoms. The highest BCUT2D eigenvalue weighted by Crippen LogP contribution is 2.31. The highest BCUT2D eigenvalue weighted by atomic mass is 32.1. The maximum Gasteiger partial charge on any atom is 0.278 e. The Hall–Kier alpha value is -2.28. The number of methoxy groups -OCH3 is 1. The van der Waals surface area contributed by atoms with Crippen molar-refractivity contribution in [1.29, 1.82) is 0 Å². The Morgan fingerprint density at radius 3 is 2.60 bits per heavy atom. The lowest BCUT2D eigenvalue weighted by molar-refractivity contribution is -0.897. The molecule has 3 aromatic rings. The number of rotatable bonds is 8. The van der Waals surface area contributed by atoms with Crippen LogP contribution in [0.15, 0.2) is 54.6 Å². The topological polar surface area (TPSA) is 46.9 Å². The van der Waals surface area contributed by atoms with E-state index in [0.717, 1.165) is 37.0 Å². The Morgan fingerprint density at radius 2 is 1.87 bits per heavy atom. The number of aromatic nitrogens is 1. The number of likely N-dealkylation sites (tertiary alicyclic amines) is 1. The van der Waals surface area contributed by atoms with Gasteiger partial charge in [-0.2, -0.15) is 0 Å². The second-order valence-electron chi connectivity index (χ2n) is 8.01. The molecule has 158 valence electrons. The number of quaternary nitrogens is 1. The van der Waals surface area contributed by atoms with Gasteiger partial charge >= 0.3 is 0 Å². The first kappa shape index (κ1) is 21.0. The first-order valence-corrected chi connectivity index (χ1v) is 11.5. The van der Waals surface area contributed by atoms with Gasteiger partial charge in [0.25, 0.3) is 5.91 Å². The van der Waals surface area contributed by atoms with Crippen LogP contribution in [0.25, 0.3) is 10.2 Å². The Morgan fingerprint density at radius 1 is 1.13 bits per heavy atom. The molecule has 0 aliphatic carbocycles. The van der Waals surface area contributed by atoms with Crippen LogP contribution < -0.4 is 4.90 Å². The van der Waals surface area contributed by atoms with Crippen LogP contribution in [0.5, 0.6) is 0 Å². The predicted molar refractivity (Wildman–Crippen MR) is 121 cm³/mol. The third kappa shape index (κ3) is 5.25. The van der Waals surface area contributed by atoms with Crippen molar-refractivity contribution in [3.05, 3.63) is 65.2 Å². The molecule has 4 rings (SSSR count). The molecule has 1 aromatic heterocycles. The van der Waals surface area contributed by atoms with E-state index in [-0.39, 0.29) is 5.91 Å². The van der Waals surface area contributed by atoms with Crippen LogP contribution in [0.1, 0.15) is 29.3 Å². The smallest absolute Gasteiger partial charge is 0.278 e. The molecule has 30 heavy (non-hydrogen) atoms. The maximum atomic E-state index is 13.0. The summed E-state index contributed by atoms with van der Waals surface area (Å²) in [6.45, 7) is 4.44. The summed E-state index contributed by atoms with van der Waals surface area (Å²) in [6.07, 6.45) is 2.19. The number of thiazole rings is 1. The summed E-state index contributed by atoms with van der Waals surface area (Å²) in [5, 5.41) is 1.26. The fourth-order valence-corrected chi connectivity index (χ4v) is 5.27. The average molecular weight is 425 g/mol. The van der Waals surface area contributed by atoms with Gasteiger partial charge in [-0.25, -0.2) is 4.98 Å². The van der Waals surface area contributed by atoms with Crippen LogP contribution in [-0.4, -0.2) is 55.7 Å². The van der Waals surface area contributed by atoms with Crippen molar-refractivity contribution >= 4 is 27.5 Å². The molecule has 1 amide bonds. The zero-order valence-electron chi connectivity index (χ0n) is 17.5. The minimum absolute atomic E-state index is 0.212. The Bertz CT molecular complexity index is 918. The molecule has 0 bridgehead atoms. The van der Waals surface area contributed by atoms with Gasteiger partial charge in [-0.3, -0.25) is 4.79 Å². The second-order valence-corrected chi connectivity index (χ2v) is 9.08. The molecule has 1 aliphatic heterocycles. The van der Waals surface area contributed by atoms with Crippen LogP contribution in [0.2, 0.25) is 0 Å². The van der Waals surface area contributed by atoms with Gasteiger partial charge in [-0.05, 0) is 17.7 Å². The summed E-state index contributed by atoms with van der Waals surface area (Å²) in [6, 6.07) is 18.6.